The molecule has 144 valence electrons. The van der Waals surface area contributed by atoms with E-state index >= 15 is 0 Å². The lowest BCUT2D eigenvalue weighted by Crippen LogP contribution is -2.45. The van der Waals surface area contributed by atoms with E-state index < -0.39 is 0 Å². The summed E-state index contributed by atoms with van der Waals surface area (Å²) in [6, 6.07) is 23.6. The van der Waals surface area contributed by atoms with Crippen LogP contribution in [0.2, 0.25) is 0 Å². The van der Waals surface area contributed by atoms with Gasteiger partial charge in [0.25, 0.3) is 11.8 Å². The number of anilines is 1. The molecule has 0 aromatic heterocycles. The van der Waals surface area contributed by atoms with Gasteiger partial charge in [-0.25, -0.2) is 0 Å². The maximum Gasteiger partial charge on any atom is 0.263 e. The standard InChI is InChI=1S/C23H17IN2O3/c24-17-10-12-18(13-11-17)25(21(27)14-16-6-2-1-3-7-16)15-26-22(28)19-8-4-5-9-20(19)23(26)29/h1-13H,14-15H2. The number of amides is 3. The quantitative estimate of drug-likeness (QED) is 0.395. The minimum absolute atomic E-state index is 0.126. The van der Waals surface area contributed by atoms with Crippen LogP contribution in [0.4, 0.5) is 5.69 Å². The first kappa shape index (κ1) is 19.3. The van der Waals surface area contributed by atoms with Crippen molar-refractivity contribution in [3.8, 4) is 0 Å². The predicted molar refractivity (Wildman–Crippen MR) is 119 cm³/mol. The lowest BCUT2D eigenvalue weighted by atomic mass is 10.1. The van der Waals surface area contributed by atoms with Crippen LogP contribution in [-0.2, 0) is 11.2 Å². The van der Waals surface area contributed by atoms with Crippen LogP contribution in [0.25, 0.3) is 0 Å². The molecule has 0 N–H and O–H groups in total. The SMILES string of the molecule is O=C1c2ccccc2C(=O)N1CN(C(=O)Cc1ccccc1)c1ccc(I)cc1. The van der Waals surface area contributed by atoms with Gasteiger partial charge in [-0.2, -0.15) is 0 Å². The molecule has 5 nitrogen and oxygen atoms in total. The van der Waals surface area contributed by atoms with E-state index in [4.69, 9.17) is 0 Å². The van der Waals surface area contributed by atoms with Crippen molar-refractivity contribution in [1.82, 2.24) is 4.90 Å². The maximum absolute atomic E-state index is 13.1. The Morgan fingerprint density at radius 3 is 1.93 bits per heavy atom. The summed E-state index contributed by atoms with van der Waals surface area (Å²) in [7, 11) is 0. The summed E-state index contributed by atoms with van der Waals surface area (Å²) in [4.78, 5) is 41.3. The average Bonchev–Trinajstić information content (AvgIpc) is 2.98. The number of nitrogens with zero attached hydrogens (tertiary/aromatic N) is 2. The summed E-state index contributed by atoms with van der Waals surface area (Å²) in [6.07, 6.45) is 0.177. The zero-order valence-electron chi connectivity index (χ0n) is 15.4. The van der Waals surface area contributed by atoms with Crippen LogP contribution in [0.5, 0.6) is 0 Å². The van der Waals surface area contributed by atoms with Crippen LogP contribution in [-0.4, -0.2) is 29.3 Å². The van der Waals surface area contributed by atoms with Gasteiger partial charge in [-0.3, -0.25) is 24.2 Å². The van der Waals surface area contributed by atoms with Crippen LogP contribution in [0.15, 0.2) is 78.9 Å². The zero-order valence-corrected chi connectivity index (χ0v) is 17.6. The number of benzene rings is 3. The van der Waals surface area contributed by atoms with E-state index in [1.165, 1.54) is 4.90 Å². The molecule has 0 atom stereocenters. The molecule has 0 saturated carbocycles. The van der Waals surface area contributed by atoms with E-state index in [9.17, 15) is 14.4 Å². The van der Waals surface area contributed by atoms with Crippen molar-refractivity contribution >= 4 is 46.0 Å². The van der Waals surface area contributed by atoms with Gasteiger partial charge < -0.3 is 0 Å². The highest BCUT2D eigenvalue weighted by atomic mass is 127. The second-order valence-electron chi connectivity index (χ2n) is 6.69. The van der Waals surface area contributed by atoms with Crippen molar-refractivity contribution < 1.29 is 14.4 Å². The Kier molecular flexibility index (Phi) is 5.44. The topological polar surface area (TPSA) is 57.7 Å². The van der Waals surface area contributed by atoms with Gasteiger partial charge in [0.05, 0.1) is 17.5 Å². The van der Waals surface area contributed by atoms with Gasteiger partial charge in [-0.05, 0) is 64.6 Å². The summed E-state index contributed by atoms with van der Waals surface area (Å²) in [5.41, 5.74) is 2.25. The van der Waals surface area contributed by atoms with Crippen molar-refractivity contribution in [2.24, 2.45) is 0 Å². The minimum atomic E-state index is -0.381. The monoisotopic (exact) mass is 496 g/mol. The highest BCUT2D eigenvalue weighted by Gasteiger charge is 2.37. The Bertz CT molecular complexity index is 1050. The number of carbonyl (C=O) groups excluding carboxylic acids is 3. The molecule has 0 spiro atoms. The Morgan fingerprint density at radius 2 is 1.34 bits per heavy atom. The lowest BCUT2D eigenvalue weighted by molar-refractivity contribution is -0.118. The fourth-order valence-corrected chi connectivity index (χ4v) is 3.66. The summed E-state index contributed by atoms with van der Waals surface area (Å²) < 4.78 is 1.03. The highest BCUT2D eigenvalue weighted by molar-refractivity contribution is 14.1. The molecule has 3 aromatic rings. The molecule has 0 saturated heterocycles. The van der Waals surface area contributed by atoms with E-state index in [0.717, 1.165) is 14.0 Å². The van der Waals surface area contributed by atoms with Gasteiger partial charge in [0.2, 0.25) is 5.91 Å². The van der Waals surface area contributed by atoms with Gasteiger partial charge >= 0.3 is 0 Å². The van der Waals surface area contributed by atoms with Gasteiger partial charge in [-0.1, -0.05) is 42.5 Å². The number of rotatable bonds is 5. The lowest BCUT2D eigenvalue weighted by Gasteiger charge is -2.27. The first-order valence-electron chi connectivity index (χ1n) is 9.09. The van der Waals surface area contributed by atoms with Crippen LogP contribution < -0.4 is 4.90 Å². The van der Waals surface area contributed by atoms with Gasteiger partial charge in [0.1, 0.15) is 6.67 Å². The Morgan fingerprint density at radius 1 is 0.793 bits per heavy atom. The van der Waals surface area contributed by atoms with Gasteiger partial charge in [0.15, 0.2) is 0 Å². The van der Waals surface area contributed by atoms with E-state index in [1.807, 2.05) is 54.6 Å². The third-order valence-corrected chi connectivity index (χ3v) is 5.52. The van der Waals surface area contributed by atoms with Crippen molar-refractivity contribution in [3.05, 3.63) is 99.1 Å². The maximum atomic E-state index is 13.1. The molecule has 1 heterocycles. The first-order chi connectivity index (χ1) is 14.0. The fraction of sp³-hybridized carbons (Fsp3) is 0.0870. The number of imide groups is 1. The number of halogens is 1. The Balaban J connectivity index is 1.64. The second-order valence-corrected chi connectivity index (χ2v) is 7.93. The van der Waals surface area contributed by atoms with Crippen LogP contribution in [0, 0.1) is 3.57 Å². The van der Waals surface area contributed by atoms with Crippen LogP contribution >= 0.6 is 22.6 Å². The Labute approximate surface area is 182 Å². The molecule has 6 heteroatoms. The van der Waals surface area contributed by atoms with Crippen molar-refractivity contribution in [2.45, 2.75) is 6.42 Å². The molecule has 4 rings (SSSR count). The molecular weight excluding hydrogens is 479 g/mol. The summed E-state index contributed by atoms with van der Waals surface area (Å²) >= 11 is 2.19. The summed E-state index contributed by atoms with van der Waals surface area (Å²) in [6.45, 7) is -0.126. The predicted octanol–water partition coefficient (Wildman–Crippen LogP) is 4.12. The van der Waals surface area contributed by atoms with Crippen molar-refractivity contribution in [2.75, 3.05) is 11.6 Å². The molecule has 0 radical (unpaired) electrons. The number of fused-ring (bicyclic) bond motifs is 1. The zero-order chi connectivity index (χ0) is 20.4. The fourth-order valence-electron chi connectivity index (χ4n) is 3.30. The highest BCUT2D eigenvalue weighted by Crippen LogP contribution is 2.25. The molecule has 29 heavy (non-hydrogen) atoms. The smallest absolute Gasteiger partial charge is 0.263 e. The normalized spacial score (nSPS) is 12.8. The molecule has 0 aliphatic carbocycles. The third-order valence-electron chi connectivity index (χ3n) is 4.80. The molecule has 0 fully saturated rings. The van der Waals surface area contributed by atoms with Gasteiger partial charge in [0, 0.05) is 9.26 Å². The van der Waals surface area contributed by atoms with Crippen molar-refractivity contribution in [1.29, 1.82) is 0 Å². The largest absolute Gasteiger partial charge is 0.293 e. The third kappa shape index (κ3) is 3.93. The molecule has 0 bridgehead atoms. The van der Waals surface area contributed by atoms with Crippen molar-refractivity contribution in [3.63, 3.8) is 0 Å². The van der Waals surface area contributed by atoms with E-state index in [2.05, 4.69) is 22.6 Å². The summed E-state index contributed by atoms with van der Waals surface area (Å²) in [5, 5.41) is 0. The Hall–Kier alpha value is -3.00. The number of carbonyl (C=O) groups is 3. The van der Waals surface area contributed by atoms with E-state index in [-0.39, 0.29) is 30.8 Å². The molecular formula is C23H17IN2O3. The molecule has 3 amide bonds. The van der Waals surface area contributed by atoms with E-state index in [1.54, 1.807) is 24.3 Å². The minimum Gasteiger partial charge on any atom is -0.293 e. The van der Waals surface area contributed by atoms with Crippen LogP contribution in [0.3, 0.4) is 0 Å². The van der Waals surface area contributed by atoms with E-state index in [0.29, 0.717) is 16.8 Å². The number of hydrogen-bond donors (Lipinski definition) is 0. The molecule has 3 aromatic carbocycles. The van der Waals surface area contributed by atoms with Crippen LogP contribution in [0.1, 0.15) is 26.3 Å². The first-order valence-corrected chi connectivity index (χ1v) is 10.2. The summed E-state index contributed by atoms with van der Waals surface area (Å²) in [5.74, 6) is -0.948. The average molecular weight is 496 g/mol. The molecule has 1 aliphatic heterocycles. The van der Waals surface area contributed by atoms with Gasteiger partial charge in [-0.15, -0.1) is 0 Å². The second kappa shape index (κ2) is 8.16. The molecule has 0 unspecified atom stereocenters. The molecule has 1 aliphatic rings. The number of hydrogen-bond acceptors (Lipinski definition) is 3.